The van der Waals surface area contributed by atoms with Gasteiger partial charge in [-0.1, -0.05) is 19.2 Å². The highest BCUT2D eigenvalue weighted by Crippen LogP contribution is 1.92. The Hall–Kier alpha value is -1.78. The molecule has 0 aliphatic rings. The number of hydrogen-bond donors (Lipinski definition) is 1. The van der Waals surface area contributed by atoms with Crippen molar-refractivity contribution in [2.45, 2.75) is 13.3 Å². The number of hydrogen-bond acceptors (Lipinski definition) is 4. The molecule has 0 heterocycles. The smallest absolute Gasteiger partial charge is 0.407 e. The van der Waals surface area contributed by atoms with Crippen LogP contribution < -0.4 is 5.32 Å². The first kappa shape index (κ1) is 14.2. The fourth-order valence-corrected chi connectivity index (χ4v) is 0.736. The normalized spacial score (nSPS) is 9.06. The van der Waals surface area contributed by atoms with Crippen molar-refractivity contribution < 1.29 is 19.1 Å². The average molecular weight is 227 g/mol. The van der Waals surface area contributed by atoms with Crippen LogP contribution in [-0.2, 0) is 14.3 Å². The largest absolute Gasteiger partial charge is 0.462 e. The number of nitrogens with one attached hydrogen (secondary N) is 1. The van der Waals surface area contributed by atoms with Gasteiger partial charge in [0.25, 0.3) is 0 Å². The summed E-state index contributed by atoms with van der Waals surface area (Å²) < 4.78 is 9.49. The molecule has 0 fully saturated rings. The van der Waals surface area contributed by atoms with Crippen LogP contribution in [0.4, 0.5) is 4.79 Å². The molecule has 0 spiro atoms. The number of carbonyl (C=O) groups is 2. The van der Waals surface area contributed by atoms with Crippen molar-refractivity contribution >= 4 is 12.1 Å². The molecule has 5 nitrogen and oxygen atoms in total. The summed E-state index contributed by atoms with van der Waals surface area (Å²) in [4.78, 5) is 21.8. The predicted molar refractivity (Wildman–Crippen MR) is 59.9 cm³/mol. The molecule has 0 saturated carbocycles. The summed E-state index contributed by atoms with van der Waals surface area (Å²) in [5, 5.41) is 2.50. The Bertz CT molecular complexity index is 273. The van der Waals surface area contributed by atoms with E-state index in [0.717, 1.165) is 0 Å². The van der Waals surface area contributed by atoms with Crippen LogP contribution in [0.5, 0.6) is 0 Å². The van der Waals surface area contributed by atoms with Crippen LogP contribution in [0, 0.1) is 0 Å². The van der Waals surface area contributed by atoms with Gasteiger partial charge < -0.3 is 14.8 Å². The number of carbonyl (C=O) groups excluding carboxylic acids is 2. The average Bonchev–Trinajstić information content (AvgIpc) is 2.25. The van der Waals surface area contributed by atoms with Crippen molar-refractivity contribution in [1.82, 2.24) is 5.32 Å². The van der Waals surface area contributed by atoms with E-state index in [1.54, 1.807) is 6.92 Å². The fourth-order valence-electron chi connectivity index (χ4n) is 0.736. The molecule has 0 atom stereocenters. The molecular formula is C11H17NO4. The molecule has 0 radical (unpaired) electrons. The van der Waals surface area contributed by atoms with Crippen molar-refractivity contribution in [2.24, 2.45) is 0 Å². The molecule has 0 aromatic heterocycles. The molecule has 0 aromatic rings. The van der Waals surface area contributed by atoms with Gasteiger partial charge in [-0.2, -0.15) is 0 Å². The first-order chi connectivity index (χ1) is 7.57. The van der Waals surface area contributed by atoms with Crippen LogP contribution in [0.2, 0.25) is 0 Å². The van der Waals surface area contributed by atoms with Gasteiger partial charge in [0.1, 0.15) is 6.61 Å². The monoisotopic (exact) mass is 227 g/mol. The van der Waals surface area contributed by atoms with Crippen LogP contribution in [-0.4, -0.2) is 31.8 Å². The molecule has 0 saturated heterocycles. The molecule has 0 aromatic carbocycles. The van der Waals surface area contributed by atoms with Crippen LogP contribution in [0.25, 0.3) is 0 Å². The molecule has 0 unspecified atom stereocenters. The molecule has 90 valence electrons. The molecule has 0 aliphatic carbocycles. The number of esters is 1. The minimum atomic E-state index is -0.508. The lowest BCUT2D eigenvalue weighted by molar-refractivity contribution is -0.138. The summed E-state index contributed by atoms with van der Waals surface area (Å²) in [7, 11) is 0. The van der Waals surface area contributed by atoms with Gasteiger partial charge in [-0.05, 0) is 13.3 Å². The lowest BCUT2D eigenvalue weighted by Crippen LogP contribution is -2.26. The molecule has 5 heteroatoms. The Balaban J connectivity index is 3.39. The van der Waals surface area contributed by atoms with Crippen molar-refractivity contribution in [3.05, 3.63) is 24.8 Å². The third-order valence-electron chi connectivity index (χ3n) is 1.50. The zero-order valence-electron chi connectivity index (χ0n) is 9.45. The highest BCUT2D eigenvalue weighted by Gasteiger charge is 2.03. The summed E-state index contributed by atoms with van der Waals surface area (Å²) in [6.45, 7) is 9.24. The topological polar surface area (TPSA) is 64.6 Å². The fraction of sp³-hybridized carbons (Fsp3) is 0.455. The maximum Gasteiger partial charge on any atom is 0.407 e. The maximum atomic E-state index is 10.9. The first-order valence-electron chi connectivity index (χ1n) is 4.92. The molecular weight excluding hydrogens is 210 g/mol. The van der Waals surface area contributed by atoms with Crippen molar-refractivity contribution in [1.29, 1.82) is 0 Å². The SMILES string of the molecule is C=CCOC(=O)NCCCOC(=O)C(=C)C. The molecule has 1 amide bonds. The van der Waals surface area contributed by atoms with Crippen molar-refractivity contribution in [2.75, 3.05) is 19.8 Å². The lowest BCUT2D eigenvalue weighted by Gasteiger charge is -2.06. The Kier molecular flexibility index (Phi) is 7.57. The van der Waals surface area contributed by atoms with Gasteiger partial charge in [-0.25, -0.2) is 9.59 Å². The van der Waals surface area contributed by atoms with Gasteiger partial charge >= 0.3 is 12.1 Å². The second kappa shape index (κ2) is 8.52. The zero-order chi connectivity index (χ0) is 12.4. The van der Waals surface area contributed by atoms with Gasteiger partial charge in [0, 0.05) is 12.1 Å². The highest BCUT2D eigenvalue weighted by molar-refractivity contribution is 5.86. The van der Waals surface area contributed by atoms with E-state index in [1.807, 2.05) is 0 Å². The van der Waals surface area contributed by atoms with E-state index in [4.69, 9.17) is 4.74 Å². The Labute approximate surface area is 95.1 Å². The molecule has 1 N–H and O–H groups in total. The van der Waals surface area contributed by atoms with Gasteiger partial charge in [-0.3, -0.25) is 0 Å². The van der Waals surface area contributed by atoms with E-state index in [2.05, 4.69) is 23.2 Å². The summed E-state index contributed by atoms with van der Waals surface area (Å²) >= 11 is 0. The molecule has 0 rings (SSSR count). The Morgan fingerprint density at radius 1 is 1.38 bits per heavy atom. The lowest BCUT2D eigenvalue weighted by atomic mass is 10.3. The van der Waals surface area contributed by atoms with E-state index in [1.165, 1.54) is 6.08 Å². The van der Waals surface area contributed by atoms with Crippen LogP contribution in [0.15, 0.2) is 24.8 Å². The zero-order valence-corrected chi connectivity index (χ0v) is 9.45. The summed E-state index contributed by atoms with van der Waals surface area (Å²) in [6.07, 6.45) is 1.50. The number of ether oxygens (including phenoxy) is 2. The number of rotatable bonds is 7. The van der Waals surface area contributed by atoms with Crippen LogP contribution in [0.1, 0.15) is 13.3 Å². The Morgan fingerprint density at radius 2 is 2.06 bits per heavy atom. The quantitative estimate of drug-likeness (QED) is 0.309. The van der Waals surface area contributed by atoms with Gasteiger partial charge in [0.2, 0.25) is 0 Å². The van der Waals surface area contributed by atoms with Gasteiger partial charge in [0.05, 0.1) is 6.61 Å². The minimum absolute atomic E-state index is 0.177. The molecule has 0 aliphatic heterocycles. The van der Waals surface area contributed by atoms with Crippen LogP contribution >= 0.6 is 0 Å². The third kappa shape index (κ3) is 7.61. The first-order valence-corrected chi connectivity index (χ1v) is 4.92. The molecule has 0 bridgehead atoms. The third-order valence-corrected chi connectivity index (χ3v) is 1.50. The minimum Gasteiger partial charge on any atom is -0.462 e. The number of amides is 1. The van der Waals surface area contributed by atoms with E-state index < -0.39 is 12.1 Å². The predicted octanol–water partition coefficient (Wildman–Crippen LogP) is 1.41. The van der Waals surface area contributed by atoms with E-state index >= 15 is 0 Å². The molecule has 16 heavy (non-hydrogen) atoms. The van der Waals surface area contributed by atoms with E-state index in [0.29, 0.717) is 18.5 Å². The number of alkyl carbamates (subject to hydrolysis) is 1. The Morgan fingerprint density at radius 3 is 2.62 bits per heavy atom. The van der Waals surface area contributed by atoms with Crippen molar-refractivity contribution in [3.63, 3.8) is 0 Å². The highest BCUT2D eigenvalue weighted by atomic mass is 16.5. The van der Waals surface area contributed by atoms with E-state index in [9.17, 15) is 9.59 Å². The maximum absolute atomic E-state index is 10.9. The standard InChI is InChI=1S/C11H17NO4/c1-4-7-16-11(14)12-6-5-8-15-10(13)9(2)3/h4H,1-2,5-8H2,3H3,(H,12,14). The summed E-state index contributed by atoms with van der Waals surface area (Å²) in [6, 6.07) is 0. The van der Waals surface area contributed by atoms with E-state index in [-0.39, 0.29) is 13.2 Å². The van der Waals surface area contributed by atoms with Crippen molar-refractivity contribution in [3.8, 4) is 0 Å². The van der Waals surface area contributed by atoms with Crippen LogP contribution in [0.3, 0.4) is 0 Å². The second-order valence-electron chi connectivity index (χ2n) is 3.08. The second-order valence-corrected chi connectivity index (χ2v) is 3.08. The summed E-state index contributed by atoms with van der Waals surface area (Å²) in [5.74, 6) is -0.422. The summed E-state index contributed by atoms with van der Waals surface area (Å²) in [5.41, 5.74) is 0.360. The van der Waals surface area contributed by atoms with Gasteiger partial charge in [-0.15, -0.1) is 0 Å². The van der Waals surface area contributed by atoms with Gasteiger partial charge in [0.15, 0.2) is 0 Å².